The van der Waals surface area contributed by atoms with Crippen molar-refractivity contribution in [3.05, 3.63) is 60.0 Å². The Morgan fingerprint density at radius 2 is 0.867 bits per heavy atom. The molecular formula is C38H53Cl2N4Ru. The van der Waals surface area contributed by atoms with E-state index < -0.39 is 0 Å². The van der Waals surface area contributed by atoms with Crippen LogP contribution < -0.4 is 39.4 Å². The summed E-state index contributed by atoms with van der Waals surface area (Å²) in [5.74, 6) is 2.97. The predicted octanol–water partition coefficient (Wildman–Crippen LogP) is 0.629. The van der Waals surface area contributed by atoms with E-state index in [-0.39, 0.29) is 41.5 Å². The molecule has 6 aliphatic rings. The van der Waals surface area contributed by atoms with E-state index in [0.717, 1.165) is 0 Å². The molecule has 7 heteroatoms. The molecule has 2 aliphatic heterocycles. The van der Waals surface area contributed by atoms with Gasteiger partial charge >= 0.3 is 269 Å². The first-order chi connectivity index (χ1) is 21.3. The summed E-state index contributed by atoms with van der Waals surface area (Å²) in [5, 5.41) is 2.96. The van der Waals surface area contributed by atoms with Crippen molar-refractivity contribution in [2.45, 2.75) is 153 Å². The molecule has 4 nitrogen and oxygen atoms in total. The molecule has 45 heavy (non-hydrogen) atoms. The van der Waals surface area contributed by atoms with E-state index in [2.05, 4.69) is 73.4 Å². The van der Waals surface area contributed by atoms with Gasteiger partial charge in [0.1, 0.15) is 0 Å². The molecule has 4 saturated carbocycles. The Kier molecular flexibility index (Phi) is 12.8. The zero-order valence-corrected chi connectivity index (χ0v) is 30.3. The van der Waals surface area contributed by atoms with E-state index in [4.69, 9.17) is 0 Å². The third-order valence-electron chi connectivity index (χ3n) is 11.3. The first-order valence-electron chi connectivity index (χ1n) is 17.8. The second-order valence-electron chi connectivity index (χ2n) is 13.9. The minimum absolute atomic E-state index is 0. The first-order valence-corrected chi connectivity index (χ1v) is 19.6. The summed E-state index contributed by atoms with van der Waals surface area (Å²) in [6.45, 7) is 4.17. The van der Waals surface area contributed by atoms with Gasteiger partial charge in [-0.2, -0.15) is 0 Å². The van der Waals surface area contributed by atoms with Crippen molar-refractivity contribution in [3.63, 3.8) is 0 Å². The van der Waals surface area contributed by atoms with E-state index in [0.29, 0.717) is 24.2 Å². The van der Waals surface area contributed by atoms with E-state index in [9.17, 15) is 0 Å². The molecule has 0 N–H and O–H groups in total. The number of halogens is 2. The summed E-state index contributed by atoms with van der Waals surface area (Å²) in [4.78, 5) is 11.0. The quantitative estimate of drug-likeness (QED) is 0.412. The molecule has 0 spiro atoms. The fourth-order valence-corrected chi connectivity index (χ4v) is 10.3. The molecule has 4 aliphatic carbocycles. The Bertz CT molecular complexity index is 1300. The zero-order chi connectivity index (χ0) is 29.0. The smallest absolute Gasteiger partial charge is 1.00 e. The molecule has 0 amide bonds. The van der Waals surface area contributed by atoms with Crippen LogP contribution in [0.1, 0.15) is 128 Å². The monoisotopic (exact) mass is 737 g/mol. The van der Waals surface area contributed by atoms with Gasteiger partial charge in [0.05, 0.1) is 0 Å². The largest absolute Gasteiger partial charge is 1.00 e. The van der Waals surface area contributed by atoms with Gasteiger partial charge in [0.15, 0.2) is 0 Å². The number of benzene rings is 1. The van der Waals surface area contributed by atoms with Gasteiger partial charge in [0.2, 0.25) is 0 Å². The van der Waals surface area contributed by atoms with Gasteiger partial charge in [-0.1, -0.05) is 0 Å². The molecule has 0 radical (unpaired) electrons. The van der Waals surface area contributed by atoms with Crippen molar-refractivity contribution < 1.29 is 41.5 Å². The maximum atomic E-state index is 4.17. The maximum Gasteiger partial charge on any atom is -1.00 e. The van der Waals surface area contributed by atoms with Crippen molar-refractivity contribution in [3.8, 4) is 0 Å². The van der Waals surface area contributed by atoms with Crippen LogP contribution in [0.15, 0.2) is 49.6 Å². The molecule has 0 bridgehead atoms. The maximum absolute atomic E-state index is 4.17. The van der Waals surface area contributed by atoms with Crippen molar-refractivity contribution in [2.75, 3.05) is 0 Å². The van der Waals surface area contributed by atoms with Gasteiger partial charge in [0.25, 0.3) is 0 Å². The molecule has 0 aromatic heterocycles. The molecule has 0 atom stereocenters. The van der Waals surface area contributed by atoms with E-state index in [1.54, 1.807) is 0 Å². The fraction of sp³-hybridized carbons (Fsp3) is 0.632. The Labute approximate surface area is 292 Å². The number of hydrogen-bond acceptors (Lipinski definition) is 4. The van der Waals surface area contributed by atoms with Gasteiger partial charge in [-0.25, -0.2) is 0 Å². The summed E-state index contributed by atoms with van der Waals surface area (Å²) in [5.41, 5.74) is 0. The third-order valence-corrected chi connectivity index (χ3v) is 12.8. The summed E-state index contributed by atoms with van der Waals surface area (Å²) < 4.78 is 4.90. The van der Waals surface area contributed by atoms with Crippen LogP contribution >= 0.6 is 0 Å². The van der Waals surface area contributed by atoms with Crippen LogP contribution in [-0.4, -0.2) is 48.0 Å². The molecule has 0 saturated heterocycles. The molecule has 2 heterocycles. The Hall–Kier alpha value is -1.51. The van der Waals surface area contributed by atoms with Gasteiger partial charge in [-0.15, -0.1) is 0 Å². The third kappa shape index (κ3) is 7.33. The average molecular weight is 738 g/mol. The Morgan fingerprint density at radius 1 is 0.511 bits per heavy atom. The van der Waals surface area contributed by atoms with Crippen molar-refractivity contribution in [1.29, 1.82) is 0 Å². The number of hydrogen-bond donors (Lipinski definition) is 0. The van der Waals surface area contributed by atoms with Crippen molar-refractivity contribution in [2.24, 2.45) is 0 Å². The van der Waals surface area contributed by atoms with Crippen LogP contribution in [0.25, 0.3) is 11.6 Å². The molecule has 247 valence electrons. The topological polar surface area (TPSA) is 13.0 Å². The second-order valence-corrected chi connectivity index (χ2v) is 15.9. The van der Waals surface area contributed by atoms with Gasteiger partial charge < -0.3 is 24.8 Å². The van der Waals surface area contributed by atoms with Crippen LogP contribution in [0.2, 0.25) is 0 Å². The standard InChI is InChI=1S/C36H51N4.C2H2.2ClH.Ru/c1-5-15-29(16-6-1)37-25-26-38(30-17-7-2-8-18-30)35(37)33-23-13-14-24-34(33)36-39(31-19-9-3-10-20-31)27-28-40(36)32-21-11-4-12-22-32;1-2;;;/h13-14,23,25-32H,1-12,15-22H2;1H2;2*1H;/q;;;;+2/p-2. The Balaban J connectivity index is 0.00000200. The normalized spacial score (nSPS) is 23.7. The van der Waals surface area contributed by atoms with Crippen molar-refractivity contribution >= 4 is 20.1 Å². The van der Waals surface area contributed by atoms with Gasteiger partial charge in [0, 0.05) is 0 Å². The summed E-state index contributed by atoms with van der Waals surface area (Å²) >= 11 is -0.194. The fourth-order valence-electron chi connectivity index (χ4n) is 9.06. The molecular weight excluding hydrogens is 684 g/mol. The zero-order valence-electron chi connectivity index (χ0n) is 27.1. The van der Waals surface area contributed by atoms with Crippen LogP contribution in [0.5, 0.6) is 0 Å². The van der Waals surface area contributed by atoms with Crippen LogP contribution in [0, 0.1) is 0 Å². The summed E-state index contributed by atoms with van der Waals surface area (Å²) in [6, 6.07) is 9.68. The predicted molar refractivity (Wildman–Crippen MR) is 176 cm³/mol. The minimum atomic E-state index is -0.194. The molecule has 1 aromatic carbocycles. The van der Waals surface area contributed by atoms with Crippen LogP contribution in [0.3, 0.4) is 0 Å². The van der Waals surface area contributed by atoms with E-state index in [1.807, 2.05) is 0 Å². The molecule has 7 rings (SSSR count). The first kappa shape index (κ1) is 34.8. The van der Waals surface area contributed by atoms with E-state index in [1.165, 1.54) is 155 Å². The van der Waals surface area contributed by atoms with E-state index >= 15 is 0 Å². The number of rotatable bonds is 5. The van der Waals surface area contributed by atoms with Gasteiger partial charge in [-0.3, -0.25) is 0 Å². The molecule has 4 fully saturated rings. The summed E-state index contributed by atoms with van der Waals surface area (Å²) in [6.07, 6.45) is 36.9. The summed E-state index contributed by atoms with van der Waals surface area (Å²) in [7, 11) is 0. The van der Waals surface area contributed by atoms with Crippen LogP contribution in [-0.2, 0) is 16.7 Å². The van der Waals surface area contributed by atoms with Gasteiger partial charge in [-0.05, 0) is 0 Å². The second kappa shape index (κ2) is 16.5. The molecule has 0 unspecified atom stereocenters. The van der Waals surface area contributed by atoms with Crippen LogP contribution in [0.4, 0.5) is 0 Å². The minimum Gasteiger partial charge on any atom is -1.00 e. The Morgan fingerprint density at radius 3 is 1.22 bits per heavy atom. The van der Waals surface area contributed by atoms with Crippen molar-refractivity contribution in [1.82, 2.24) is 19.6 Å². The SMILES string of the molecule is C=[C]=[Ru+2][c]1cccc(=C2N(C3CCCCC3)C=CN2C2CCCCC2)c1=C1N(C2CCCCC2)C=CN1C1CCCCC1.[Cl-].[Cl-]. The number of nitrogens with zero attached hydrogens (tertiary/aromatic N) is 4. The average Bonchev–Trinajstić information content (AvgIpc) is 3.72. The molecule has 1 aromatic rings.